The first kappa shape index (κ1) is 15.8. The van der Waals surface area contributed by atoms with Crippen LogP contribution >= 0.6 is 11.3 Å². The molecule has 1 heterocycles. The van der Waals surface area contributed by atoms with Gasteiger partial charge in [0.1, 0.15) is 11.5 Å². The first-order valence-corrected chi connectivity index (χ1v) is 8.33. The average molecular weight is 328 g/mol. The van der Waals surface area contributed by atoms with Crippen LogP contribution in [-0.2, 0) is 6.42 Å². The van der Waals surface area contributed by atoms with E-state index in [9.17, 15) is 0 Å². The van der Waals surface area contributed by atoms with Gasteiger partial charge in [-0.25, -0.2) is 4.98 Å². The summed E-state index contributed by atoms with van der Waals surface area (Å²) in [7, 11) is 3.35. The number of ether oxygens (including phenoxy) is 2. The number of hydrogen-bond acceptors (Lipinski definition) is 5. The van der Waals surface area contributed by atoms with E-state index in [2.05, 4.69) is 6.07 Å². The highest BCUT2D eigenvalue weighted by molar-refractivity contribution is 7.18. The first-order chi connectivity index (χ1) is 11.2. The van der Waals surface area contributed by atoms with Crippen LogP contribution in [0.15, 0.2) is 42.5 Å². The van der Waals surface area contributed by atoms with Gasteiger partial charge < -0.3 is 15.2 Å². The van der Waals surface area contributed by atoms with Crippen LogP contribution in [0.5, 0.6) is 11.5 Å². The molecule has 0 aliphatic carbocycles. The lowest BCUT2D eigenvalue weighted by Crippen LogP contribution is -2.15. The summed E-state index contributed by atoms with van der Waals surface area (Å²) >= 11 is 1.71. The molecule has 0 radical (unpaired) electrons. The molecule has 0 saturated heterocycles. The Balaban J connectivity index is 1.92. The summed E-state index contributed by atoms with van der Waals surface area (Å²) in [4.78, 5) is 4.74. The number of para-hydroxylation sites is 1. The fourth-order valence-corrected chi connectivity index (χ4v) is 3.72. The predicted molar refractivity (Wildman–Crippen MR) is 94.7 cm³/mol. The van der Waals surface area contributed by atoms with Crippen molar-refractivity contribution >= 4 is 21.6 Å². The molecule has 1 unspecified atom stereocenters. The number of hydrogen-bond donors (Lipinski definition) is 1. The zero-order valence-corrected chi connectivity index (χ0v) is 14.1. The molecule has 2 N–H and O–H groups in total. The maximum Gasteiger partial charge on any atom is 0.122 e. The van der Waals surface area contributed by atoms with E-state index in [1.807, 2.05) is 36.4 Å². The van der Waals surface area contributed by atoms with Gasteiger partial charge in [0.2, 0.25) is 0 Å². The van der Waals surface area contributed by atoms with Gasteiger partial charge in [-0.3, -0.25) is 0 Å². The molecule has 0 bridgehead atoms. The number of rotatable bonds is 6. The van der Waals surface area contributed by atoms with Crippen LogP contribution in [0.2, 0.25) is 0 Å². The maximum atomic E-state index is 6.03. The van der Waals surface area contributed by atoms with Crippen LogP contribution in [0.3, 0.4) is 0 Å². The van der Waals surface area contributed by atoms with Gasteiger partial charge in [0.15, 0.2) is 0 Å². The lowest BCUT2D eigenvalue weighted by Gasteiger charge is -2.15. The first-order valence-electron chi connectivity index (χ1n) is 7.51. The van der Waals surface area contributed by atoms with Crippen LogP contribution < -0.4 is 15.2 Å². The number of thiazole rings is 1. The van der Waals surface area contributed by atoms with Crippen molar-refractivity contribution in [2.45, 2.75) is 12.3 Å². The highest BCUT2D eigenvalue weighted by atomic mass is 32.1. The zero-order valence-electron chi connectivity index (χ0n) is 13.3. The normalized spacial score (nSPS) is 12.3. The third kappa shape index (κ3) is 3.30. The van der Waals surface area contributed by atoms with Gasteiger partial charge in [0.25, 0.3) is 0 Å². The second-order valence-corrected chi connectivity index (χ2v) is 6.40. The number of methoxy groups -OCH3 is 2. The van der Waals surface area contributed by atoms with E-state index in [0.29, 0.717) is 6.54 Å². The highest BCUT2D eigenvalue weighted by Crippen LogP contribution is 2.32. The Bertz CT molecular complexity index is 768. The third-order valence-corrected chi connectivity index (χ3v) is 5.10. The highest BCUT2D eigenvalue weighted by Gasteiger charge is 2.18. The molecule has 0 spiro atoms. The van der Waals surface area contributed by atoms with Gasteiger partial charge in [-0.05, 0) is 42.3 Å². The van der Waals surface area contributed by atoms with Crippen molar-refractivity contribution in [2.24, 2.45) is 5.73 Å². The molecule has 1 aromatic heterocycles. The van der Waals surface area contributed by atoms with Crippen LogP contribution in [0.1, 0.15) is 16.5 Å². The van der Waals surface area contributed by atoms with Crippen molar-refractivity contribution in [3.8, 4) is 11.5 Å². The summed E-state index contributed by atoms with van der Waals surface area (Å²) in [5.41, 5.74) is 8.15. The molecule has 0 amide bonds. The molecule has 1 atom stereocenters. The van der Waals surface area contributed by atoms with Gasteiger partial charge >= 0.3 is 0 Å². The summed E-state index contributed by atoms with van der Waals surface area (Å²) in [6.45, 7) is 0.542. The Hall–Kier alpha value is -2.11. The third-order valence-electron chi connectivity index (χ3n) is 3.90. The molecule has 0 aliphatic rings. The Labute approximate surface area is 139 Å². The van der Waals surface area contributed by atoms with Gasteiger partial charge in [-0.15, -0.1) is 11.3 Å². The average Bonchev–Trinajstić information content (AvgIpc) is 3.03. The van der Waals surface area contributed by atoms with Gasteiger partial charge in [0.05, 0.1) is 29.4 Å². The summed E-state index contributed by atoms with van der Waals surface area (Å²) in [6, 6.07) is 14.0. The molecular formula is C18H20N2O2S. The monoisotopic (exact) mass is 328 g/mol. The minimum atomic E-state index is 0.161. The molecule has 5 heteroatoms. The van der Waals surface area contributed by atoms with E-state index in [0.717, 1.165) is 34.0 Å². The number of fused-ring (bicyclic) bond motifs is 1. The fraction of sp³-hybridized carbons (Fsp3) is 0.278. The molecule has 23 heavy (non-hydrogen) atoms. The topological polar surface area (TPSA) is 57.4 Å². The van der Waals surface area contributed by atoms with E-state index in [4.69, 9.17) is 20.2 Å². The van der Waals surface area contributed by atoms with Crippen molar-refractivity contribution in [1.29, 1.82) is 0 Å². The maximum absolute atomic E-state index is 6.03. The molecule has 0 fully saturated rings. The van der Waals surface area contributed by atoms with Crippen LogP contribution in [0.25, 0.3) is 10.2 Å². The Kier molecular flexibility index (Phi) is 4.79. The molecule has 3 rings (SSSR count). The Morgan fingerprint density at radius 1 is 1.13 bits per heavy atom. The number of nitrogens with zero attached hydrogens (tertiary/aromatic N) is 1. The number of nitrogens with two attached hydrogens (primary N) is 1. The molecule has 0 aliphatic heterocycles. The molecule has 120 valence electrons. The van der Waals surface area contributed by atoms with E-state index in [1.54, 1.807) is 25.6 Å². The number of benzene rings is 2. The fourth-order valence-electron chi connectivity index (χ4n) is 2.64. The number of aromatic nitrogens is 1. The predicted octanol–water partition coefficient (Wildman–Crippen LogP) is 3.60. The van der Waals surface area contributed by atoms with Crippen molar-refractivity contribution in [3.63, 3.8) is 0 Å². The second-order valence-electron chi connectivity index (χ2n) is 5.33. The Morgan fingerprint density at radius 2 is 1.96 bits per heavy atom. The molecular weight excluding hydrogens is 308 g/mol. The van der Waals surface area contributed by atoms with Crippen LogP contribution in [0.4, 0.5) is 0 Å². The molecule has 4 nitrogen and oxygen atoms in total. The van der Waals surface area contributed by atoms with Crippen LogP contribution in [-0.4, -0.2) is 25.7 Å². The van der Waals surface area contributed by atoms with E-state index in [-0.39, 0.29) is 5.92 Å². The van der Waals surface area contributed by atoms with Crippen molar-refractivity contribution in [2.75, 3.05) is 20.8 Å². The minimum Gasteiger partial charge on any atom is -0.497 e. The summed E-state index contributed by atoms with van der Waals surface area (Å²) < 4.78 is 12.0. The van der Waals surface area contributed by atoms with E-state index >= 15 is 0 Å². The standard InChI is InChI=1S/C18H20N2O2S/c1-21-14-7-8-16(22-2)12(10-14)9-13(11-19)18-20-15-5-3-4-6-17(15)23-18/h3-8,10,13H,9,11,19H2,1-2H3. The SMILES string of the molecule is COc1ccc(OC)c(CC(CN)c2nc3ccccc3s2)c1. The van der Waals surface area contributed by atoms with Crippen LogP contribution in [0, 0.1) is 0 Å². The van der Waals surface area contributed by atoms with Gasteiger partial charge in [-0.1, -0.05) is 12.1 Å². The smallest absolute Gasteiger partial charge is 0.122 e. The van der Waals surface area contributed by atoms with Gasteiger partial charge in [0, 0.05) is 12.5 Å². The summed E-state index contributed by atoms with van der Waals surface area (Å²) in [5, 5.41) is 1.07. The molecule has 3 aromatic rings. The lowest BCUT2D eigenvalue weighted by atomic mass is 9.99. The quantitative estimate of drug-likeness (QED) is 0.751. The summed E-state index contributed by atoms with van der Waals surface area (Å²) in [6.07, 6.45) is 0.774. The molecule has 2 aromatic carbocycles. The van der Waals surface area contributed by atoms with E-state index < -0.39 is 0 Å². The minimum absolute atomic E-state index is 0.161. The molecule has 0 saturated carbocycles. The van der Waals surface area contributed by atoms with E-state index in [1.165, 1.54) is 4.70 Å². The Morgan fingerprint density at radius 3 is 2.65 bits per heavy atom. The van der Waals surface area contributed by atoms with Crippen molar-refractivity contribution in [3.05, 3.63) is 53.0 Å². The lowest BCUT2D eigenvalue weighted by molar-refractivity contribution is 0.397. The zero-order chi connectivity index (χ0) is 16.2. The van der Waals surface area contributed by atoms with Crippen molar-refractivity contribution < 1.29 is 9.47 Å². The largest absolute Gasteiger partial charge is 0.497 e. The summed E-state index contributed by atoms with van der Waals surface area (Å²) in [5.74, 6) is 1.83. The van der Waals surface area contributed by atoms with Crippen molar-refractivity contribution in [1.82, 2.24) is 4.98 Å². The second kappa shape index (κ2) is 6.98. The van der Waals surface area contributed by atoms with Gasteiger partial charge in [-0.2, -0.15) is 0 Å².